The van der Waals surface area contributed by atoms with E-state index >= 15 is 0 Å². The van der Waals surface area contributed by atoms with Gasteiger partial charge < -0.3 is 9.84 Å². The molecule has 0 spiro atoms. The van der Waals surface area contributed by atoms with Gasteiger partial charge in [0.25, 0.3) is 5.91 Å². The second kappa shape index (κ2) is 6.36. The highest BCUT2D eigenvalue weighted by molar-refractivity contribution is 7.89. The highest BCUT2D eigenvalue weighted by Gasteiger charge is 2.27. The molecule has 7 nitrogen and oxygen atoms in total. The molecule has 0 saturated carbocycles. The molecule has 1 aromatic heterocycles. The second-order valence-corrected chi connectivity index (χ2v) is 7.12. The smallest absolute Gasteiger partial charge is 0.273 e. The number of amides is 1. The topological polar surface area (TPSA) is 92.5 Å². The lowest BCUT2D eigenvalue weighted by molar-refractivity contribution is 0.0932. The fourth-order valence-corrected chi connectivity index (χ4v) is 3.50. The van der Waals surface area contributed by atoms with E-state index < -0.39 is 10.0 Å². The van der Waals surface area contributed by atoms with E-state index in [9.17, 15) is 13.2 Å². The molecule has 0 aliphatic carbocycles. The highest BCUT2D eigenvalue weighted by atomic mass is 32.2. The summed E-state index contributed by atoms with van der Waals surface area (Å²) < 4.78 is 29.8. The molecule has 1 aliphatic heterocycles. The first-order valence-electron chi connectivity index (χ1n) is 6.69. The first kappa shape index (κ1) is 15.0. The van der Waals surface area contributed by atoms with E-state index in [0.29, 0.717) is 19.6 Å². The zero-order valence-corrected chi connectivity index (χ0v) is 12.2. The van der Waals surface area contributed by atoms with Crippen molar-refractivity contribution < 1.29 is 17.7 Å². The van der Waals surface area contributed by atoms with E-state index in [4.69, 9.17) is 0 Å². The Morgan fingerprint density at radius 1 is 1.60 bits per heavy atom. The Balaban J connectivity index is 1.86. The Hall–Kier alpha value is -1.41. The summed E-state index contributed by atoms with van der Waals surface area (Å²) in [6, 6.07) is 1.49. The van der Waals surface area contributed by atoms with Gasteiger partial charge in [-0.25, -0.2) is 12.7 Å². The van der Waals surface area contributed by atoms with Crippen LogP contribution in [0.5, 0.6) is 0 Å². The van der Waals surface area contributed by atoms with Gasteiger partial charge in [0.15, 0.2) is 5.69 Å². The van der Waals surface area contributed by atoms with Crippen LogP contribution < -0.4 is 5.32 Å². The van der Waals surface area contributed by atoms with Gasteiger partial charge in [-0.2, -0.15) is 0 Å². The van der Waals surface area contributed by atoms with Crippen LogP contribution in [-0.4, -0.2) is 49.2 Å². The maximum absolute atomic E-state index is 11.8. The first-order valence-corrected chi connectivity index (χ1v) is 8.30. The number of sulfonamides is 1. The molecule has 1 aromatic rings. The number of hydrogen-bond donors (Lipinski definition) is 1. The van der Waals surface area contributed by atoms with Crippen LogP contribution in [0.15, 0.2) is 16.9 Å². The van der Waals surface area contributed by atoms with Crippen molar-refractivity contribution in [3.63, 3.8) is 0 Å². The average molecular weight is 301 g/mol. The minimum absolute atomic E-state index is 0.116. The van der Waals surface area contributed by atoms with E-state index in [1.807, 2.05) is 0 Å². The SMILES string of the molecule is CCS(=O)(=O)N1CCCC(CNC(=O)c2ccon2)C1. The molecular weight excluding hydrogens is 282 g/mol. The van der Waals surface area contributed by atoms with Gasteiger partial charge in [0, 0.05) is 25.7 Å². The minimum atomic E-state index is -3.14. The van der Waals surface area contributed by atoms with Crippen molar-refractivity contribution in [2.24, 2.45) is 5.92 Å². The van der Waals surface area contributed by atoms with Crippen LogP contribution in [0.25, 0.3) is 0 Å². The molecule has 1 unspecified atom stereocenters. The molecule has 0 aromatic carbocycles. The molecular formula is C12H19N3O4S. The first-order chi connectivity index (χ1) is 9.53. The quantitative estimate of drug-likeness (QED) is 0.853. The Labute approximate surface area is 118 Å². The zero-order chi connectivity index (χ0) is 14.6. The van der Waals surface area contributed by atoms with Gasteiger partial charge in [-0.3, -0.25) is 4.79 Å². The van der Waals surface area contributed by atoms with Crippen molar-refractivity contribution in [3.8, 4) is 0 Å². The summed E-state index contributed by atoms with van der Waals surface area (Å²) in [4.78, 5) is 11.7. The lowest BCUT2D eigenvalue weighted by Gasteiger charge is -2.31. The van der Waals surface area contributed by atoms with Gasteiger partial charge >= 0.3 is 0 Å². The Morgan fingerprint density at radius 3 is 3.05 bits per heavy atom. The molecule has 0 radical (unpaired) electrons. The van der Waals surface area contributed by atoms with Crippen molar-refractivity contribution in [1.82, 2.24) is 14.8 Å². The molecule has 20 heavy (non-hydrogen) atoms. The third-order valence-corrected chi connectivity index (χ3v) is 5.31. The number of nitrogens with zero attached hydrogens (tertiary/aromatic N) is 2. The molecule has 8 heteroatoms. The molecule has 0 bridgehead atoms. The van der Waals surface area contributed by atoms with E-state index in [1.165, 1.54) is 16.6 Å². The molecule has 1 atom stereocenters. The van der Waals surface area contributed by atoms with Crippen LogP contribution in [0, 0.1) is 5.92 Å². The molecule has 112 valence electrons. The standard InChI is InChI=1S/C12H19N3O4S/c1-2-20(17,18)15-6-3-4-10(9-15)8-13-12(16)11-5-7-19-14-11/h5,7,10H,2-4,6,8-9H2,1H3,(H,13,16). The summed E-state index contributed by atoms with van der Waals surface area (Å²) in [5.74, 6) is -0.0412. The molecule has 1 saturated heterocycles. The normalized spacial score (nSPS) is 20.8. The molecule has 1 aliphatic rings. The number of rotatable bonds is 5. The van der Waals surface area contributed by atoms with Crippen LogP contribution in [0.2, 0.25) is 0 Å². The average Bonchev–Trinajstić information content (AvgIpc) is 2.99. The fraction of sp³-hybridized carbons (Fsp3) is 0.667. The number of aromatic nitrogens is 1. The van der Waals surface area contributed by atoms with Gasteiger partial charge in [0.05, 0.1) is 5.75 Å². The number of hydrogen-bond acceptors (Lipinski definition) is 5. The van der Waals surface area contributed by atoms with E-state index in [0.717, 1.165) is 12.8 Å². The van der Waals surface area contributed by atoms with Gasteiger partial charge in [0.1, 0.15) is 6.26 Å². The third-order valence-electron chi connectivity index (χ3n) is 3.46. The summed E-state index contributed by atoms with van der Waals surface area (Å²) in [5.41, 5.74) is 0.235. The fourth-order valence-electron chi connectivity index (χ4n) is 2.29. The molecule has 1 amide bonds. The van der Waals surface area contributed by atoms with Crippen molar-refractivity contribution in [2.75, 3.05) is 25.4 Å². The highest BCUT2D eigenvalue weighted by Crippen LogP contribution is 2.18. The minimum Gasteiger partial charge on any atom is -0.364 e. The monoisotopic (exact) mass is 301 g/mol. The molecule has 2 heterocycles. The van der Waals surface area contributed by atoms with E-state index in [2.05, 4.69) is 15.0 Å². The van der Waals surface area contributed by atoms with E-state index in [1.54, 1.807) is 6.92 Å². The van der Waals surface area contributed by atoms with Crippen LogP contribution in [0.3, 0.4) is 0 Å². The number of carbonyl (C=O) groups is 1. The van der Waals surface area contributed by atoms with Crippen LogP contribution >= 0.6 is 0 Å². The lowest BCUT2D eigenvalue weighted by atomic mass is 10.00. The van der Waals surface area contributed by atoms with Crippen molar-refractivity contribution in [2.45, 2.75) is 19.8 Å². The Kier molecular flexibility index (Phi) is 4.77. The molecule has 1 N–H and O–H groups in total. The second-order valence-electron chi connectivity index (χ2n) is 4.86. The molecule has 2 rings (SSSR count). The maximum atomic E-state index is 11.8. The zero-order valence-electron chi connectivity index (χ0n) is 11.4. The largest absolute Gasteiger partial charge is 0.364 e. The summed E-state index contributed by atoms with van der Waals surface area (Å²) in [5, 5.41) is 6.32. The third kappa shape index (κ3) is 3.57. The van der Waals surface area contributed by atoms with Gasteiger partial charge in [-0.15, -0.1) is 0 Å². The van der Waals surface area contributed by atoms with Gasteiger partial charge in [-0.1, -0.05) is 5.16 Å². The summed E-state index contributed by atoms with van der Waals surface area (Å²) in [6.07, 6.45) is 3.07. The Bertz CT molecular complexity index is 541. The van der Waals surface area contributed by atoms with Crippen LogP contribution in [0.1, 0.15) is 30.3 Å². The Morgan fingerprint density at radius 2 is 2.40 bits per heavy atom. The van der Waals surface area contributed by atoms with Crippen molar-refractivity contribution in [1.29, 1.82) is 0 Å². The molecule has 1 fully saturated rings. The predicted molar refractivity (Wildman–Crippen MR) is 72.6 cm³/mol. The van der Waals surface area contributed by atoms with Crippen LogP contribution in [0.4, 0.5) is 0 Å². The predicted octanol–water partition coefficient (Wildman–Crippen LogP) is 0.466. The summed E-state index contributed by atoms with van der Waals surface area (Å²) >= 11 is 0. The van der Waals surface area contributed by atoms with Crippen LogP contribution in [-0.2, 0) is 10.0 Å². The maximum Gasteiger partial charge on any atom is 0.273 e. The number of carbonyl (C=O) groups excluding carboxylic acids is 1. The lowest BCUT2D eigenvalue weighted by Crippen LogP contribution is -2.44. The van der Waals surface area contributed by atoms with Gasteiger partial charge in [-0.05, 0) is 25.7 Å². The number of piperidine rings is 1. The van der Waals surface area contributed by atoms with Crippen molar-refractivity contribution >= 4 is 15.9 Å². The van der Waals surface area contributed by atoms with Gasteiger partial charge in [0.2, 0.25) is 10.0 Å². The van der Waals surface area contributed by atoms with Crippen molar-refractivity contribution in [3.05, 3.63) is 18.0 Å². The summed E-state index contributed by atoms with van der Waals surface area (Å²) in [7, 11) is -3.14. The summed E-state index contributed by atoms with van der Waals surface area (Å²) in [6.45, 7) is 3.13. The number of nitrogens with one attached hydrogen (secondary N) is 1. The van der Waals surface area contributed by atoms with E-state index in [-0.39, 0.29) is 23.3 Å².